The highest BCUT2D eigenvalue weighted by molar-refractivity contribution is 7.86. The second-order valence-electron chi connectivity index (χ2n) is 15.8. The maximum absolute atomic E-state index is 12.1. The number of rotatable bonds is 10. The van der Waals surface area contributed by atoms with Gasteiger partial charge in [-0.1, -0.05) is 12.1 Å². The third-order valence-electron chi connectivity index (χ3n) is 11.1. The highest BCUT2D eigenvalue weighted by Gasteiger charge is 2.23. The Morgan fingerprint density at radius 3 is 1.30 bits per heavy atom. The fourth-order valence-corrected chi connectivity index (χ4v) is 14.3. The minimum atomic E-state index is -4.44. The number of fused-ring (bicyclic) bond motifs is 4. The molecule has 4 heterocycles. The molecule has 16 nitrogen and oxygen atoms in total. The molecule has 0 unspecified atom stereocenters. The number of phenols is 2. The maximum Gasteiger partial charge on any atom is 0.296 e. The lowest BCUT2D eigenvalue weighted by Crippen LogP contribution is -2.00. The van der Waals surface area contributed by atoms with Crippen molar-refractivity contribution in [1.29, 1.82) is 0 Å². The van der Waals surface area contributed by atoms with Crippen molar-refractivity contribution in [3.63, 3.8) is 0 Å². The molecule has 346 valence electrons. The van der Waals surface area contributed by atoms with E-state index in [0.29, 0.717) is 53.0 Å². The lowest BCUT2D eigenvalue weighted by molar-refractivity contribution is 0.453. The van der Waals surface area contributed by atoms with Crippen molar-refractivity contribution < 1.29 is 36.2 Å². The van der Waals surface area contributed by atoms with Crippen LogP contribution in [-0.2, 0) is 20.2 Å². The van der Waals surface area contributed by atoms with Gasteiger partial charge in [-0.3, -0.25) is 9.11 Å². The summed E-state index contributed by atoms with van der Waals surface area (Å²) in [4.78, 5) is 18.6. The van der Waals surface area contributed by atoms with Crippen LogP contribution in [0.3, 0.4) is 0 Å². The predicted molar refractivity (Wildman–Crippen MR) is 275 cm³/mol. The van der Waals surface area contributed by atoms with E-state index in [4.69, 9.17) is 9.97 Å². The number of thiazole rings is 4. The molecule has 4 N–H and O–H groups in total. The number of benzene rings is 7. The molecule has 0 aliphatic carbocycles. The van der Waals surface area contributed by atoms with Crippen LogP contribution in [0.4, 0.5) is 22.7 Å². The topological polar surface area (TPSA) is 250 Å². The standard InChI is InChI=1S/C48H30N8O8S6/c1-23-3-15-34-41(43(23)69(59,60)61)67-47(51-34)27-9-17-31-37(21-27)65-45(49-31)25-5-11-29(12-6-25)53-55-33-19-20-36(57)39(40(33)58)56-54-30-13-7-26(8-14-30)46-50-32-18-10-28(22-38(32)66-46)48-52-35-16-4-24(2)44(42(35)68-48)70(62,63)64/h3-22,57-58H,1-2H3,(H,59,60,61)(H,62,63,64). The Morgan fingerprint density at radius 2 is 0.843 bits per heavy atom. The number of aryl methyl sites for hydroxylation is 2. The number of azo groups is 2. The van der Waals surface area contributed by atoms with E-state index < -0.39 is 26.0 Å². The van der Waals surface area contributed by atoms with Gasteiger partial charge in [0.25, 0.3) is 20.2 Å². The van der Waals surface area contributed by atoms with Gasteiger partial charge in [0.15, 0.2) is 11.4 Å². The Morgan fingerprint density at radius 1 is 0.443 bits per heavy atom. The third-order valence-corrected chi connectivity index (χ3v) is 17.8. The predicted octanol–water partition coefficient (Wildman–Crippen LogP) is 14.1. The summed E-state index contributed by atoms with van der Waals surface area (Å²) >= 11 is 5.35. The van der Waals surface area contributed by atoms with E-state index in [2.05, 4.69) is 30.4 Å². The largest absolute Gasteiger partial charge is 0.505 e. The zero-order valence-corrected chi connectivity index (χ0v) is 40.9. The third kappa shape index (κ3) is 8.49. The number of hydrogen-bond acceptors (Lipinski definition) is 18. The van der Waals surface area contributed by atoms with Crippen molar-refractivity contribution in [1.82, 2.24) is 19.9 Å². The molecule has 22 heteroatoms. The van der Waals surface area contributed by atoms with Crippen LogP contribution < -0.4 is 0 Å². The van der Waals surface area contributed by atoms with E-state index in [9.17, 15) is 36.2 Å². The van der Waals surface area contributed by atoms with Crippen LogP contribution in [-0.4, -0.2) is 56.1 Å². The van der Waals surface area contributed by atoms with Crippen LogP contribution in [0.25, 0.3) is 83.2 Å². The van der Waals surface area contributed by atoms with Crippen LogP contribution in [0.1, 0.15) is 11.1 Å². The minimum absolute atomic E-state index is 0.0608. The zero-order chi connectivity index (χ0) is 48.6. The van der Waals surface area contributed by atoms with Crippen molar-refractivity contribution in [2.24, 2.45) is 20.5 Å². The van der Waals surface area contributed by atoms with E-state index in [1.54, 1.807) is 62.4 Å². The average molecular weight is 1040 g/mol. The first-order valence-corrected chi connectivity index (χ1v) is 26.9. The van der Waals surface area contributed by atoms with Gasteiger partial charge in [0.1, 0.15) is 41.3 Å². The molecule has 0 spiro atoms. The normalized spacial score (nSPS) is 12.5. The van der Waals surface area contributed by atoms with Gasteiger partial charge in [0.05, 0.1) is 52.2 Å². The smallest absolute Gasteiger partial charge is 0.296 e. The average Bonchev–Trinajstić information content (AvgIpc) is 4.15. The second kappa shape index (κ2) is 17.3. The van der Waals surface area contributed by atoms with Crippen molar-refractivity contribution in [3.05, 3.63) is 132 Å². The lowest BCUT2D eigenvalue weighted by Gasteiger charge is -2.04. The quantitative estimate of drug-likeness (QED) is 0.0737. The van der Waals surface area contributed by atoms with Crippen molar-refractivity contribution in [2.75, 3.05) is 0 Å². The molecular weight excluding hydrogens is 1010 g/mol. The number of nitrogens with zero attached hydrogens (tertiary/aromatic N) is 8. The van der Waals surface area contributed by atoms with Crippen LogP contribution >= 0.6 is 45.3 Å². The molecule has 7 aromatic carbocycles. The number of hydrogen-bond donors (Lipinski definition) is 4. The molecule has 0 fully saturated rings. The van der Waals surface area contributed by atoms with Crippen LogP contribution in [0.15, 0.2) is 152 Å². The summed E-state index contributed by atoms with van der Waals surface area (Å²) in [6.07, 6.45) is 0. The van der Waals surface area contributed by atoms with Gasteiger partial charge < -0.3 is 10.2 Å². The monoisotopic (exact) mass is 1040 g/mol. The lowest BCUT2D eigenvalue weighted by atomic mass is 10.2. The summed E-state index contributed by atoms with van der Waals surface area (Å²) in [5.41, 5.74) is 7.44. The molecule has 11 rings (SSSR count). The van der Waals surface area contributed by atoms with Gasteiger partial charge in [0, 0.05) is 22.3 Å². The SMILES string of the molecule is Cc1ccc2nc(-c3ccc4nc(-c5ccc(N=Nc6ccc(O)c(N=Nc7ccc(-c8nc9ccc(-c%10nc%11ccc(C)c(S(=O)(=O)O)c%11s%10)cc9s8)cc7)c6O)cc5)sc4c3)sc2c1S(=O)(=O)O. The maximum atomic E-state index is 12.1. The molecule has 0 amide bonds. The van der Waals surface area contributed by atoms with Crippen molar-refractivity contribution in [2.45, 2.75) is 23.6 Å². The van der Waals surface area contributed by atoms with Gasteiger partial charge in [0.2, 0.25) is 0 Å². The van der Waals surface area contributed by atoms with Gasteiger partial charge in [-0.2, -0.15) is 27.1 Å². The number of phenolic OH excluding ortho intramolecular Hbond substituents is 2. The second-order valence-corrected chi connectivity index (χ2v) is 22.6. The van der Waals surface area contributed by atoms with E-state index in [0.717, 1.165) is 52.7 Å². The molecule has 0 saturated heterocycles. The molecular formula is C48H30N8O8S6. The highest BCUT2D eigenvalue weighted by atomic mass is 32.2. The van der Waals surface area contributed by atoms with Crippen LogP contribution in [0.2, 0.25) is 0 Å². The van der Waals surface area contributed by atoms with E-state index in [1.807, 2.05) is 60.7 Å². The van der Waals surface area contributed by atoms with Gasteiger partial charge in [-0.15, -0.1) is 55.6 Å². The van der Waals surface area contributed by atoms with Gasteiger partial charge in [-0.05, 0) is 134 Å². The summed E-state index contributed by atoms with van der Waals surface area (Å²) in [6.45, 7) is 3.26. The molecule has 0 bridgehead atoms. The van der Waals surface area contributed by atoms with Crippen LogP contribution in [0.5, 0.6) is 11.5 Å². The fourth-order valence-electron chi connectivity index (χ4n) is 7.68. The first-order valence-electron chi connectivity index (χ1n) is 20.7. The summed E-state index contributed by atoms with van der Waals surface area (Å²) in [5, 5.41) is 41.3. The van der Waals surface area contributed by atoms with E-state index in [-0.39, 0.29) is 26.9 Å². The molecule has 0 saturated carbocycles. The van der Waals surface area contributed by atoms with Crippen LogP contribution in [0, 0.1) is 13.8 Å². The number of aromatic hydroxyl groups is 2. The summed E-state index contributed by atoms with van der Waals surface area (Å²) < 4.78 is 70.9. The highest BCUT2D eigenvalue weighted by Crippen LogP contribution is 2.45. The van der Waals surface area contributed by atoms with E-state index >= 15 is 0 Å². The molecule has 0 aliphatic heterocycles. The Kier molecular flexibility index (Phi) is 11.2. The summed E-state index contributed by atoms with van der Waals surface area (Å²) in [6, 6.07) is 35.3. The Labute approximate surface area is 412 Å². The van der Waals surface area contributed by atoms with Crippen molar-refractivity contribution >= 4 is 129 Å². The van der Waals surface area contributed by atoms with Gasteiger partial charge >= 0.3 is 0 Å². The fraction of sp³-hybridized carbons (Fsp3) is 0.0417. The molecule has 70 heavy (non-hydrogen) atoms. The molecule has 11 aromatic rings. The Hall–Kier alpha value is -7.28. The minimum Gasteiger partial charge on any atom is -0.505 e. The first-order chi connectivity index (χ1) is 33.5. The molecule has 0 atom stereocenters. The zero-order valence-electron chi connectivity index (χ0n) is 36.0. The summed E-state index contributed by atoms with van der Waals surface area (Å²) in [5.74, 6) is -0.720. The summed E-state index contributed by atoms with van der Waals surface area (Å²) in [7, 11) is -8.88. The van der Waals surface area contributed by atoms with Crippen molar-refractivity contribution in [3.8, 4) is 53.8 Å². The molecule has 0 aliphatic rings. The Balaban J connectivity index is 0.771. The Bertz CT molecular complexity index is 4240. The molecule has 0 radical (unpaired) electrons. The van der Waals surface area contributed by atoms with E-state index in [1.165, 1.54) is 57.5 Å². The van der Waals surface area contributed by atoms with Gasteiger partial charge in [-0.25, -0.2) is 19.9 Å². The number of aromatic nitrogens is 4. The first kappa shape index (κ1) is 45.2. The molecule has 4 aromatic heterocycles.